The van der Waals surface area contributed by atoms with E-state index in [0.717, 1.165) is 11.1 Å². The Morgan fingerprint density at radius 3 is 2.80 bits per heavy atom. The molecule has 0 aliphatic rings. The third-order valence-corrected chi connectivity index (χ3v) is 3.74. The number of rotatable bonds is 4. The van der Waals surface area contributed by atoms with Crippen LogP contribution in [0.15, 0.2) is 18.2 Å². The summed E-state index contributed by atoms with van der Waals surface area (Å²) in [4.78, 5) is 12.2. The molecule has 0 heterocycles. The maximum absolute atomic E-state index is 12.2. The normalized spacial score (nSPS) is 13.0. The van der Waals surface area contributed by atoms with Crippen molar-refractivity contribution in [1.82, 2.24) is 5.32 Å². The fraction of sp³-hybridized carbons (Fsp3) is 0.400. The molecule has 0 bridgehead atoms. The minimum Gasteiger partial charge on any atom is -0.349 e. The van der Waals surface area contributed by atoms with Crippen molar-refractivity contribution in [2.75, 3.05) is 18.6 Å². The van der Waals surface area contributed by atoms with Crippen LogP contribution in [0.3, 0.4) is 0 Å². The van der Waals surface area contributed by atoms with Crippen LogP contribution in [0.4, 0.5) is 0 Å². The fourth-order valence-electron chi connectivity index (χ4n) is 1.86. The van der Waals surface area contributed by atoms with E-state index in [-0.39, 0.29) is 18.5 Å². The third-order valence-electron chi connectivity index (χ3n) is 2.77. The Labute approximate surface area is 122 Å². The van der Waals surface area contributed by atoms with Crippen molar-refractivity contribution < 1.29 is 9.00 Å². The molecule has 3 N–H and O–H groups in total. The summed E-state index contributed by atoms with van der Waals surface area (Å²) >= 11 is 0. The molecular formula is C15H20N2O2S. The number of nitrogens with one attached hydrogen (secondary N) is 1. The summed E-state index contributed by atoms with van der Waals surface area (Å²) in [5.74, 6) is 6.01. The molecule has 1 aromatic rings. The molecule has 1 aromatic carbocycles. The van der Waals surface area contributed by atoms with Crippen molar-refractivity contribution in [1.29, 1.82) is 0 Å². The van der Waals surface area contributed by atoms with Gasteiger partial charge >= 0.3 is 0 Å². The van der Waals surface area contributed by atoms with E-state index in [1.807, 2.05) is 19.9 Å². The average Bonchev–Trinajstić information content (AvgIpc) is 2.36. The summed E-state index contributed by atoms with van der Waals surface area (Å²) in [6, 6.07) is 5.28. The van der Waals surface area contributed by atoms with Crippen molar-refractivity contribution in [3.63, 3.8) is 0 Å². The van der Waals surface area contributed by atoms with Gasteiger partial charge in [-0.2, -0.15) is 0 Å². The van der Waals surface area contributed by atoms with E-state index < -0.39 is 10.8 Å². The molecule has 4 nitrogen and oxygen atoms in total. The van der Waals surface area contributed by atoms with Gasteiger partial charge < -0.3 is 11.1 Å². The standard InChI is InChI=1S/C15H20N2O2S/c1-11(10-20(3)19)17-15(18)14-8-4-6-13(12(14)2)7-5-9-16/h4,6,8,11H,9-10,16H2,1-3H3,(H,17,18). The summed E-state index contributed by atoms with van der Waals surface area (Å²) < 4.78 is 11.1. The predicted octanol–water partition coefficient (Wildman–Crippen LogP) is 0.802. The monoisotopic (exact) mass is 292 g/mol. The highest BCUT2D eigenvalue weighted by atomic mass is 32.2. The van der Waals surface area contributed by atoms with Crippen molar-refractivity contribution >= 4 is 16.7 Å². The minimum absolute atomic E-state index is 0.133. The molecule has 0 radical (unpaired) electrons. The molecule has 2 unspecified atom stereocenters. The lowest BCUT2D eigenvalue weighted by Crippen LogP contribution is -2.36. The lowest BCUT2D eigenvalue weighted by atomic mass is 10.0. The van der Waals surface area contributed by atoms with Crippen molar-refractivity contribution in [3.8, 4) is 11.8 Å². The molecule has 0 aliphatic heterocycles. The maximum atomic E-state index is 12.2. The smallest absolute Gasteiger partial charge is 0.251 e. The molecule has 1 amide bonds. The van der Waals surface area contributed by atoms with Crippen molar-refractivity contribution in [2.45, 2.75) is 19.9 Å². The zero-order valence-electron chi connectivity index (χ0n) is 12.0. The fourth-order valence-corrected chi connectivity index (χ4v) is 2.65. The van der Waals surface area contributed by atoms with Crippen LogP contribution in [0.2, 0.25) is 0 Å². The molecule has 0 saturated heterocycles. The first kappa shape index (κ1) is 16.4. The summed E-state index contributed by atoms with van der Waals surface area (Å²) in [6.07, 6.45) is 1.62. The predicted molar refractivity (Wildman–Crippen MR) is 83.0 cm³/mol. The van der Waals surface area contributed by atoms with Crippen LogP contribution in [0.25, 0.3) is 0 Å². The average molecular weight is 292 g/mol. The number of nitrogens with two attached hydrogens (primary N) is 1. The van der Waals surface area contributed by atoms with Gasteiger partial charge in [0.25, 0.3) is 5.91 Å². The van der Waals surface area contributed by atoms with Gasteiger partial charge in [0.2, 0.25) is 0 Å². The SMILES string of the molecule is Cc1c(C#CCN)cccc1C(=O)NC(C)CS(C)=O. The summed E-state index contributed by atoms with van der Waals surface area (Å²) in [5, 5.41) is 2.85. The molecule has 0 aromatic heterocycles. The van der Waals surface area contributed by atoms with Gasteiger partial charge in [0, 0.05) is 40.0 Å². The molecule has 2 atom stereocenters. The van der Waals surface area contributed by atoms with E-state index in [2.05, 4.69) is 17.2 Å². The third kappa shape index (κ3) is 4.80. The van der Waals surface area contributed by atoms with Crippen LogP contribution in [0.5, 0.6) is 0 Å². The van der Waals surface area contributed by atoms with Crippen LogP contribution in [-0.4, -0.2) is 34.7 Å². The van der Waals surface area contributed by atoms with Crippen LogP contribution >= 0.6 is 0 Å². The van der Waals surface area contributed by atoms with Gasteiger partial charge in [-0.1, -0.05) is 17.9 Å². The zero-order chi connectivity index (χ0) is 15.1. The largest absolute Gasteiger partial charge is 0.349 e. The summed E-state index contributed by atoms with van der Waals surface area (Å²) in [6.45, 7) is 3.99. The second-order valence-corrected chi connectivity index (χ2v) is 6.08. The van der Waals surface area contributed by atoms with Gasteiger partial charge in [-0.25, -0.2) is 0 Å². The maximum Gasteiger partial charge on any atom is 0.251 e. The van der Waals surface area contributed by atoms with E-state index in [1.54, 1.807) is 18.4 Å². The minimum atomic E-state index is -0.933. The number of hydrogen-bond acceptors (Lipinski definition) is 3. The molecule has 5 heteroatoms. The first-order valence-corrected chi connectivity index (χ1v) is 8.07. The first-order valence-electron chi connectivity index (χ1n) is 6.35. The molecule has 20 heavy (non-hydrogen) atoms. The highest BCUT2D eigenvalue weighted by Gasteiger charge is 2.14. The van der Waals surface area contributed by atoms with Gasteiger partial charge in [0.15, 0.2) is 0 Å². The molecule has 1 rings (SSSR count). The van der Waals surface area contributed by atoms with Gasteiger partial charge in [0.05, 0.1) is 6.54 Å². The molecule has 0 saturated carbocycles. The van der Waals surface area contributed by atoms with Gasteiger partial charge in [-0.15, -0.1) is 0 Å². The second kappa shape index (κ2) is 7.83. The number of carbonyl (C=O) groups excluding carboxylic acids is 1. The van der Waals surface area contributed by atoms with E-state index >= 15 is 0 Å². The van der Waals surface area contributed by atoms with E-state index in [1.165, 1.54) is 0 Å². The molecular weight excluding hydrogens is 272 g/mol. The second-order valence-electron chi connectivity index (χ2n) is 4.60. The molecule has 108 valence electrons. The Kier molecular flexibility index (Phi) is 6.43. The van der Waals surface area contributed by atoms with Gasteiger partial charge in [-0.05, 0) is 31.5 Å². The van der Waals surface area contributed by atoms with Gasteiger partial charge in [-0.3, -0.25) is 9.00 Å². The van der Waals surface area contributed by atoms with Gasteiger partial charge in [0.1, 0.15) is 0 Å². The highest BCUT2D eigenvalue weighted by molar-refractivity contribution is 7.84. The zero-order valence-corrected chi connectivity index (χ0v) is 12.8. The topological polar surface area (TPSA) is 72.2 Å². The number of hydrogen-bond donors (Lipinski definition) is 2. The van der Waals surface area contributed by atoms with E-state index in [4.69, 9.17) is 5.73 Å². The Morgan fingerprint density at radius 2 is 2.20 bits per heavy atom. The Hall–Kier alpha value is -1.64. The number of benzene rings is 1. The number of carbonyl (C=O) groups is 1. The Balaban J connectivity index is 2.91. The molecule has 0 aliphatic carbocycles. The highest BCUT2D eigenvalue weighted by Crippen LogP contribution is 2.13. The lowest BCUT2D eigenvalue weighted by Gasteiger charge is -2.14. The first-order chi connectivity index (χ1) is 9.45. The number of amides is 1. The van der Waals surface area contributed by atoms with Crippen molar-refractivity contribution in [2.24, 2.45) is 5.73 Å². The Bertz CT molecular complexity index is 573. The van der Waals surface area contributed by atoms with E-state index in [0.29, 0.717) is 11.3 Å². The lowest BCUT2D eigenvalue weighted by molar-refractivity contribution is 0.0943. The Morgan fingerprint density at radius 1 is 1.50 bits per heavy atom. The van der Waals surface area contributed by atoms with Crippen molar-refractivity contribution in [3.05, 3.63) is 34.9 Å². The van der Waals surface area contributed by atoms with E-state index in [9.17, 15) is 9.00 Å². The van der Waals surface area contributed by atoms with Crippen LogP contribution in [0, 0.1) is 18.8 Å². The summed E-state index contributed by atoms with van der Waals surface area (Å²) in [7, 11) is -0.933. The molecule has 0 fully saturated rings. The van der Waals surface area contributed by atoms with Crippen LogP contribution in [0.1, 0.15) is 28.4 Å². The quantitative estimate of drug-likeness (QED) is 0.806. The van der Waals surface area contributed by atoms with Crippen LogP contribution in [-0.2, 0) is 10.8 Å². The van der Waals surface area contributed by atoms with Crippen LogP contribution < -0.4 is 11.1 Å². The molecule has 0 spiro atoms. The summed E-state index contributed by atoms with van der Waals surface area (Å²) in [5.41, 5.74) is 7.57.